The molecule has 0 aliphatic carbocycles. The second-order valence-corrected chi connectivity index (χ2v) is 12.5. The van der Waals surface area contributed by atoms with Crippen LogP contribution in [0.2, 0.25) is 0 Å². The molecule has 10 aromatic rings. The number of hydrogen-bond donors (Lipinski definition) is 0. The van der Waals surface area contributed by atoms with E-state index in [2.05, 4.69) is 156 Å². The Morgan fingerprint density at radius 2 is 1.21 bits per heavy atom. The Hall–Kier alpha value is -6.39. The van der Waals surface area contributed by atoms with Gasteiger partial charge in [0.2, 0.25) is 0 Å². The van der Waals surface area contributed by atoms with Crippen LogP contribution in [0.25, 0.3) is 88.7 Å². The molecular weight excluding hydrogens is 587 g/mol. The summed E-state index contributed by atoms with van der Waals surface area (Å²) in [5, 5.41) is 4.72. The van der Waals surface area contributed by atoms with E-state index < -0.39 is 0 Å². The number of furan rings is 1. The summed E-state index contributed by atoms with van der Waals surface area (Å²) in [5.41, 5.74) is 12.9. The van der Waals surface area contributed by atoms with E-state index in [0.717, 1.165) is 72.4 Å². The van der Waals surface area contributed by atoms with Gasteiger partial charge in [0.1, 0.15) is 17.0 Å². The fourth-order valence-corrected chi connectivity index (χ4v) is 7.40. The molecule has 0 fully saturated rings. The predicted molar refractivity (Wildman–Crippen MR) is 198 cm³/mol. The molecule has 7 aromatic carbocycles. The van der Waals surface area contributed by atoms with Crippen LogP contribution in [0.15, 0.2) is 162 Å². The number of imidazole rings is 1. The van der Waals surface area contributed by atoms with Crippen molar-refractivity contribution in [1.29, 1.82) is 0 Å². The molecular formula is C44H29N3O. The van der Waals surface area contributed by atoms with Crippen LogP contribution in [0.5, 0.6) is 0 Å². The van der Waals surface area contributed by atoms with Crippen molar-refractivity contribution in [3.63, 3.8) is 0 Å². The van der Waals surface area contributed by atoms with Crippen LogP contribution in [-0.2, 0) is 0 Å². The lowest BCUT2D eigenvalue weighted by Gasteiger charge is -2.12. The minimum Gasteiger partial charge on any atom is -0.455 e. The molecule has 4 nitrogen and oxygen atoms in total. The maximum atomic E-state index is 6.44. The SMILES string of the molecule is Cc1ccc2c(c1)c1cc(-c3cccc4c3oc3ccccc34)ccc1n2-c1cccc(-c2nc3ccccc3n2-c2ccccc2)c1. The average Bonchev–Trinajstić information content (AvgIpc) is 3.81. The molecule has 0 N–H and O–H groups in total. The van der Waals surface area contributed by atoms with Crippen molar-refractivity contribution in [3.05, 3.63) is 163 Å². The first-order valence-corrected chi connectivity index (χ1v) is 16.3. The molecule has 0 aliphatic rings. The number of nitrogens with zero attached hydrogens (tertiary/aromatic N) is 3. The van der Waals surface area contributed by atoms with E-state index in [9.17, 15) is 0 Å². The molecule has 0 unspecified atom stereocenters. The Balaban J connectivity index is 1.18. The predicted octanol–water partition coefficient (Wildman–Crippen LogP) is 11.7. The summed E-state index contributed by atoms with van der Waals surface area (Å²) in [7, 11) is 0. The summed E-state index contributed by atoms with van der Waals surface area (Å²) in [5.74, 6) is 0.919. The van der Waals surface area contributed by atoms with Gasteiger partial charge in [0.25, 0.3) is 0 Å². The van der Waals surface area contributed by atoms with E-state index in [-0.39, 0.29) is 0 Å². The normalized spacial score (nSPS) is 11.9. The highest BCUT2D eigenvalue weighted by Gasteiger charge is 2.19. The Morgan fingerprint density at radius 1 is 0.479 bits per heavy atom. The number of aryl methyl sites for hydroxylation is 1. The number of benzene rings is 7. The molecule has 3 aromatic heterocycles. The van der Waals surface area contributed by atoms with Gasteiger partial charge in [-0.3, -0.25) is 4.57 Å². The minimum atomic E-state index is 0.911. The van der Waals surface area contributed by atoms with Crippen molar-refractivity contribution in [2.24, 2.45) is 0 Å². The highest BCUT2D eigenvalue weighted by atomic mass is 16.3. The highest BCUT2D eigenvalue weighted by molar-refractivity contribution is 6.13. The van der Waals surface area contributed by atoms with Crippen LogP contribution in [0.3, 0.4) is 0 Å². The number of rotatable bonds is 4. The summed E-state index contributed by atoms with van der Waals surface area (Å²) in [6.07, 6.45) is 0. The van der Waals surface area contributed by atoms with Crippen molar-refractivity contribution in [2.75, 3.05) is 0 Å². The molecule has 0 saturated carbocycles. The Morgan fingerprint density at radius 3 is 2.12 bits per heavy atom. The third-order valence-electron chi connectivity index (χ3n) is 9.57. The van der Waals surface area contributed by atoms with Gasteiger partial charge in [-0.2, -0.15) is 0 Å². The summed E-state index contributed by atoms with van der Waals surface area (Å²) in [4.78, 5) is 5.15. The Bertz CT molecular complexity index is 2850. The number of para-hydroxylation sites is 5. The number of aromatic nitrogens is 3. The number of fused-ring (bicyclic) bond motifs is 7. The van der Waals surface area contributed by atoms with Gasteiger partial charge in [0, 0.05) is 44.0 Å². The maximum Gasteiger partial charge on any atom is 0.145 e. The van der Waals surface area contributed by atoms with Crippen molar-refractivity contribution in [2.45, 2.75) is 6.92 Å². The zero-order chi connectivity index (χ0) is 31.8. The summed E-state index contributed by atoms with van der Waals surface area (Å²) >= 11 is 0. The summed E-state index contributed by atoms with van der Waals surface area (Å²) < 4.78 is 11.1. The molecule has 0 saturated heterocycles. The van der Waals surface area contributed by atoms with E-state index in [1.54, 1.807) is 0 Å². The van der Waals surface area contributed by atoms with Crippen LogP contribution in [0.1, 0.15) is 5.56 Å². The van der Waals surface area contributed by atoms with Crippen molar-refractivity contribution in [3.8, 4) is 33.9 Å². The van der Waals surface area contributed by atoms with Gasteiger partial charge in [0.05, 0.1) is 22.1 Å². The summed E-state index contributed by atoms with van der Waals surface area (Å²) in [6.45, 7) is 2.16. The van der Waals surface area contributed by atoms with Crippen molar-refractivity contribution in [1.82, 2.24) is 14.1 Å². The van der Waals surface area contributed by atoms with Gasteiger partial charge < -0.3 is 8.98 Å². The maximum absolute atomic E-state index is 6.44. The fourth-order valence-electron chi connectivity index (χ4n) is 7.40. The zero-order valence-electron chi connectivity index (χ0n) is 26.3. The first kappa shape index (κ1) is 26.8. The molecule has 226 valence electrons. The van der Waals surface area contributed by atoms with Crippen LogP contribution in [-0.4, -0.2) is 14.1 Å². The van der Waals surface area contributed by atoms with Crippen LogP contribution in [0, 0.1) is 6.92 Å². The monoisotopic (exact) mass is 615 g/mol. The van der Waals surface area contributed by atoms with Gasteiger partial charge in [-0.05, 0) is 79.2 Å². The lowest BCUT2D eigenvalue weighted by Crippen LogP contribution is -1.99. The van der Waals surface area contributed by atoms with E-state index in [4.69, 9.17) is 9.40 Å². The van der Waals surface area contributed by atoms with E-state index in [1.165, 1.54) is 21.9 Å². The second-order valence-electron chi connectivity index (χ2n) is 12.5. The third kappa shape index (κ3) is 3.99. The standard InChI is InChI=1S/C44H29N3O/c1-28-21-23-39-36(25-28)37-27-29(33-16-10-17-35-34-15-5-8-20-42(34)48-43(33)35)22-24-40(37)46(39)32-14-9-11-30(26-32)44-45-38-18-6-7-19-41(38)47(44)31-12-3-2-4-13-31/h2-27H,1H3. The van der Waals surface area contributed by atoms with Crippen molar-refractivity contribution >= 4 is 54.8 Å². The van der Waals surface area contributed by atoms with Crippen molar-refractivity contribution < 1.29 is 4.42 Å². The smallest absolute Gasteiger partial charge is 0.145 e. The molecule has 0 atom stereocenters. The van der Waals surface area contributed by atoms with Crippen LogP contribution in [0.4, 0.5) is 0 Å². The molecule has 0 aliphatic heterocycles. The molecule has 0 spiro atoms. The first-order valence-electron chi connectivity index (χ1n) is 16.3. The lowest BCUT2D eigenvalue weighted by atomic mass is 10.00. The molecule has 10 rings (SSSR count). The van der Waals surface area contributed by atoms with Gasteiger partial charge in [-0.1, -0.05) is 96.6 Å². The van der Waals surface area contributed by atoms with E-state index in [0.29, 0.717) is 0 Å². The molecule has 0 amide bonds. The lowest BCUT2D eigenvalue weighted by molar-refractivity contribution is 0.670. The Kier molecular flexibility index (Phi) is 5.75. The molecule has 4 heteroatoms. The summed E-state index contributed by atoms with van der Waals surface area (Å²) in [6, 6.07) is 55.9. The molecule has 0 bridgehead atoms. The van der Waals surface area contributed by atoms with Crippen LogP contribution >= 0.6 is 0 Å². The topological polar surface area (TPSA) is 35.9 Å². The molecule has 0 radical (unpaired) electrons. The van der Waals surface area contributed by atoms with Gasteiger partial charge in [0.15, 0.2) is 0 Å². The van der Waals surface area contributed by atoms with Gasteiger partial charge >= 0.3 is 0 Å². The zero-order valence-corrected chi connectivity index (χ0v) is 26.3. The molecule has 3 heterocycles. The average molecular weight is 616 g/mol. The van der Waals surface area contributed by atoms with E-state index >= 15 is 0 Å². The second kappa shape index (κ2) is 10.3. The quantitative estimate of drug-likeness (QED) is 0.197. The third-order valence-corrected chi connectivity index (χ3v) is 9.57. The minimum absolute atomic E-state index is 0.911. The molecule has 48 heavy (non-hydrogen) atoms. The fraction of sp³-hybridized carbons (Fsp3) is 0.0227. The van der Waals surface area contributed by atoms with Gasteiger partial charge in [-0.15, -0.1) is 0 Å². The Labute approximate surface area is 276 Å². The van der Waals surface area contributed by atoms with E-state index in [1.807, 2.05) is 18.2 Å². The largest absolute Gasteiger partial charge is 0.455 e. The first-order chi connectivity index (χ1) is 23.7. The van der Waals surface area contributed by atoms with Gasteiger partial charge in [-0.25, -0.2) is 4.98 Å². The van der Waals surface area contributed by atoms with Crippen LogP contribution < -0.4 is 0 Å². The number of hydrogen-bond acceptors (Lipinski definition) is 2. The highest BCUT2D eigenvalue weighted by Crippen LogP contribution is 2.40.